The van der Waals surface area contributed by atoms with Crippen molar-refractivity contribution in [1.82, 2.24) is 0 Å². The number of anilines is 1. The molecule has 0 aliphatic rings. The molecule has 0 spiro atoms. The Hall–Kier alpha value is -2.78. The number of nitro groups is 1. The van der Waals surface area contributed by atoms with Gasteiger partial charge in [-0.15, -0.1) is 0 Å². The molecule has 0 aliphatic carbocycles. The van der Waals surface area contributed by atoms with Crippen LogP contribution in [-0.4, -0.2) is 19.2 Å². The van der Waals surface area contributed by atoms with Crippen LogP contribution in [0, 0.1) is 24.0 Å². The van der Waals surface area contributed by atoms with Gasteiger partial charge in [0.15, 0.2) is 0 Å². The van der Waals surface area contributed by atoms with Crippen molar-refractivity contribution in [3.8, 4) is 0 Å². The maximum Gasteiger partial charge on any atom is 0.269 e. The van der Waals surface area contributed by atoms with Crippen LogP contribution in [0.4, 0.5) is 11.4 Å². The normalized spacial score (nSPS) is 11.1. The van der Waals surface area contributed by atoms with Crippen LogP contribution in [0.5, 0.6) is 0 Å². The summed E-state index contributed by atoms with van der Waals surface area (Å²) < 4.78 is 23.0. The van der Waals surface area contributed by atoms with E-state index >= 15 is 0 Å². The zero-order valence-corrected chi connectivity index (χ0v) is 13.8. The molecule has 9 heteroatoms. The summed E-state index contributed by atoms with van der Waals surface area (Å²) in [6, 6.07) is 8.20. The quantitative estimate of drug-likeness (QED) is 0.644. The molecule has 0 fully saturated rings. The number of amides is 1. The highest BCUT2D eigenvalue weighted by atomic mass is 32.2. The molecule has 1 amide bonds. The summed E-state index contributed by atoms with van der Waals surface area (Å²) in [5.41, 5.74) is 1.28. The van der Waals surface area contributed by atoms with Gasteiger partial charge in [0.2, 0.25) is 10.0 Å². The second-order valence-corrected chi connectivity index (χ2v) is 6.77. The topological polar surface area (TPSA) is 132 Å². The minimum Gasteiger partial charge on any atom is -0.322 e. The molecule has 0 heterocycles. The monoisotopic (exact) mass is 349 g/mol. The molecule has 0 bridgehead atoms. The van der Waals surface area contributed by atoms with E-state index in [4.69, 9.17) is 5.14 Å². The van der Waals surface area contributed by atoms with Crippen LogP contribution >= 0.6 is 0 Å². The van der Waals surface area contributed by atoms with E-state index in [1.807, 2.05) is 0 Å². The SMILES string of the molecule is Cc1cc([N+](=O)[O-])ccc1C(=O)Nc1ccc(C)c(S(N)(=O)=O)c1. The molecule has 0 saturated heterocycles. The average Bonchev–Trinajstić information content (AvgIpc) is 2.47. The third-order valence-electron chi connectivity index (χ3n) is 3.42. The lowest BCUT2D eigenvalue weighted by Crippen LogP contribution is -2.16. The number of nitrogens with one attached hydrogen (secondary N) is 1. The number of hydrogen-bond donors (Lipinski definition) is 2. The maximum atomic E-state index is 12.3. The van der Waals surface area contributed by atoms with Crippen LogP contribution in [0.15, 0.2) is 41.3 Å². The molecular formula is C15H15N3O5S. The number of nitrogens with two attached hydrogens (primary N) is 1. The smallest absolute Gasteiger partial charge is 0.269 e. The molecule has 0 unspecified atom stereocenters. The van der Waals surface area contributed by atoms with Crippen LogP contribution in [0.2, 0.25) is 0 Å². The third kappa shape index (κ3) is 3.76. The molecule has 24 heavy (non-hydrogen) atoms. The predicted molar refractivity (Wildman–Crippen MR) is 88.3 cm³/mol. The number of hydrogen-bond acceptors (Lipinski definition) is 5. The number of benzene rings is 2. The maximum absolute atomic E-state index is 12.3. The first-order valence-electron chi connectivity index (χ1n) is 6.79. The number of aryl methyl sites for hydroxylation is 2. The summed E-state index contributed by atoms with van der Waals surface area (Å²) in [4.78, 5) is 22.4. The van der Waals surface area contributed by atoms with Crippen LogP contribution in [-0.2, 0) is 10.0 Å². The Balaban J connectivity index is 2.32. The molecular weight excluding hydrogens is 334 g/mol. The Bertz CT molecular complexity index is 938. The lowest BCUT2D eigenvalue weighted by Gasteiger charge is -2.10. The Morgan fingerprint density at radius 1 is 1.12 bits per heavy atom. The molecule has 0 aliphatic heterocycles. The van der Waals surface area contributed by atoms with Gasteiger partial charge in [0.25, 0.3) is 11.6 Å². The van der Waals surface area contributed by atoms with Gasteiger partial charge in [-0.3, -0.25) is 14.9 Å². The van der Waals surface area contributed by atoms with Crippen molar-refractivity contribution in [2.75, 3.05) is 5.32 Å². The number of carbonyl (C=O) groups excluding carboxylic acids is 1. The van der Waals surface area contributed by atoms with Gasteiger partial charge in [-0.05, 0) is 43.2 Å². The fourth-order valence-electron chi connectivity index (χ4n) is 2.20. The number of nitrogens with zero attached hydrogens (tertiary/aromatic N) is 1. The van der Waals surface area contributed by atoms with Gasteiger partial charge >= 0.3 is 0 Å². The summed E-state index contributed by atoms with van der Waals surface area (Å²) in [5, 5.41) is 18.4. The van der Waals surface area contributed by atoms with E-state index in [1.54, 1.807) is 19.9 Å². The van der Waals surface area contributed by atoms with Crippen molar-refractivity contribution in [2.24, 2.45) is 5.14 Å². The first-order valence-corrected chi connectivity index (χ1v) is 8.34. The lowest BCUT2D eigenvalue weighted by atomic mass is 10.1. The zero-order chi connectivity index (χ0) is 18.1. The van der Waals surface area contributed by atoms with E-state index in [0.717, 1.165) is 0 Å². The summed E-state index contributed by atoms with van der Waals surface area (Å²) in [6.45, 7) is 3.17. The first-order chi connectivity index (χ1) is 11.1. The zero-order valence-electron chi connectivity index (χ0n) is 12.9. The summed E-state index contributed by atoms with van der Waals surface area (Å²) in [7, 11) is -3.91. The summed E-state index contributed by atoms with van der Waals surface area (Å²) in [6.07, 6.45) is 0. The Kier molecular flexibility index (Phi) is 4.67. The molecule has 126 valence electrons. The minimum atomic E-state index is -3.91. The molecule has 2 aromatic rings. The molecule has 0 aromatic heterocycles. The molecule has 0 atom stereocenters. The first kappa shape index (κ1) is 17.6. The number of rotatable bonds is 4. The van der Waals surface area contributed by atoms with Crippen molar-refractivity contribution < 1.29 is 18.1 Å². The number of carbonyl (C=O) groups is 1. The lowest BCUT2D eigenvalue weighted by molar-refractivity contribution is -0.384. The highest BCUT2D eigenvalue weighted by Gasteiger charge is 2.16. The van der Waals surface area contributed by atoms with Gasteiger partial charge < -0.3 is 5.32 Å². The number of nitro benzene ring substituents is 1. The Morgan fingerprint density at radius 2 is 1.79 bits per heavy atom. The summed E-state index contributed by atoms with van der Waals surface area (Å²) in [5.74, 6) is -0.508. The molecule has 0 radical (unpaired) electrons. The molecule has 2 rings (SSSR count). The second-order valence-electron chi connectivity index (χ2n) is 5.24. The van der Waals surface area contributed by atoms with E-state index in [-0.39, 0.29) is 21.8 Å². The van der Waals surface area contributed by atoms with Crippen LogP contribution < -0.4 is 10.5 Å². The van der Waals surface area contributed by atoms with Gasteiger partial charge in [0.1, 0.15) is 0 Å². The van der Waals surface area contributed by atoms with Crippen molar-refractivity contribution >= 4 is 27.3 Å². The van der Waals surface area contributed by atoms with Gasteiger partial charge in [0.05, 0.1) is 9.82 Å². The van der Waals surface area contributed by atoms with Crippen molar-refractivity contribution in [2.45, 2.75) is 18.7 Å². The summed E-state index contributed by atoms with van der Waals surface area (Å²) >= 11 is 0. The molecule has 2 aromatic carbocycles. The van der Waals surface area contributed by atoms with Gasteiger partial charge in [-0.25, -0.2) is 13.6 Å². The van der Waals surface area contributed by atoms with Crippen molar-refractivity contribution in [3.63, 3.8) is 0 Å². The number of non-ortho nitro benzene ring substituents is 1. The third-order valence-corrected chi connectivity index (χ3v) is 4.47. The molecule has 3 N–H and O–H groups in total. The highest BCUT2D eigenvalue weighted by molar-refractivity contribution is 7.89. The Labute approximate surface area is 138 Å². The fourth-order valence-corrected chi connectivity index (χ4v) is 3.01. The fraction of sp³-hybridized carbons (Fsp3) is 0.133. The Morgan fingerprint density at radius 3 is 2.33 bits per heavy atom. The van der Waals surface area contributed by atoms with Gasteiger partial charge in [-0.2, -0.15) is 0 Å². The number of primary sulfonamides is 1. The predicted octanol–water partition coefficient (Wildman–Crippen LogP) is 2.11. The number of sulfonamides is 1. The van der Waals surface area contributed by atoms with E-state index < -0.39 is 20.9 Å². The van der Waals surface area contributed by atoms with Crippen LogP contribution in [0.3, 0.4) is 0 Å². The molecule has 0 saturated carbocycles. The van der Waals surface area contributed by atoms with Gasteiger partial charge in [-0.1, -0.05) is 6.07 Å². The largest absolute Gasteiger partial charge is 0.322 e. The van der Waals surface area contributed by atoms with Crippen LogP contribution in [0.1, 0.15) is 21.5 Å². The minimum absolute atomic E-state index is 0.0827. The van der Waals surface area contributed by atoms with Crippen LogP contribution in [0.25, 0.3) is 0 Å². The van der Waals surface area contributed by atoms with Crippen molar-refractivity contribution in [3.05, 3.63) is 63.2 Å². The van der Waals surface area contributed by atoms with E-state index in [9.17, 15) is 23.3 Å². The molecule has 8 nitrogen and oxygen atoms in total. The highest BCUT2D eigenvalue weighted by Crippen LogP contribution is 2.21. The second kappa shape index (κ2) is 6.38. The van der Waals surface area contributed by atoms with Crippen molar-refractivity contribution in [1.29, 1.82) is 0 Å². The van der Waals surface area contributed by atoms with E-state index in [1.165, 1.54) is 30.3 Å². The van der Waals surface area contributed by atoms with E-state index in [2.05, 4.69) is 5.32 Å². The average molecular weight is 349 g/mol. The standard InChI is InChI=1S/C15H15N3O5S/c1-9-3-4-11(8-14(9)24(16,22)23)17-15(19)13-6-5-12(18(20)21)7-10(13)2/h3-8H,1-2H3,(H,17,19)(H2,16,22,23). The van der Waals surface area contributed by atoms with E-state index in [0.29, 0.717) is 11.1 Å². The van der Waals surface area contributed by atoms with Gasteiger partial charge in [0, 0.05) is 23.4 Å².